The normalized spacial score (nSPS) is 15.7. The van der Waals surface area contributed by atoms with Crippen molar-refractivity contribution in [1.82, 2.24) is 9.88 Å². The van der Waals surface area contributed by atoms with E-state index in [1.807, 2.05) is 12.1 Å². The second kappa shape index (κ2) is 8.47. The molecule has 5 nitrogen and oxygen atoms in total. The number of methoxy groups -OCH3 is 2. The first kappa shape index (κ1) is 19.8. The molecule has 0 spiro atoms. The van der Waals surface area contributed by atoms with E-state index in [4.69, 9.17) is 15.2 Å². The standard InChI is InChI=1S/C24H31N3O2/c1-16-20-14-18(17-8-11-27(12-9-17)13-10-25)4-6-21(20)26-24(16)19-5-7-22(28-2)23(15-19)29-3/h4-7,14-15,17,26H,8-13,25H2,1-3H3. The zero-order chi connectivity index (χ0) is 20.4. The summed E-state index contributed by atoms with van der Waals surface area (Å²) in [6.07, 6.45) is 2.41. The van der Waals surface area contributed by atoms with Crippen molar-refractivity contribution in [2.45, 2.75) is 25.7 Å². The van der Waals surface area contributed by atoms with Crippen LogP contribution in [0.4, 0.5) is 0 Å². The van der Waals surface area contributed by atoms with Crippen molar-refractivity contribution in [2.24, 2.45) is 5.73 Å². The van der Waals surface area contributed by atoms with Gasteiger partial charge in [-0.15, -0.1) is 0 Å². The average molecular weight is 394 g/mol. The number of nitrogens with two attached hydrogens (primary N) is 1. The summed E-state index contributed by atoms with van der Waals surface area (Å²) in [7, 11) is 3.33. The highest BCUT2D eigenvalue weighted by Crippen LogP contribution is 2.37. The second-order valence-electron chi connectivity index (χ2n) is 7.90. The maximum absolute atomic E-state index is 5.71. The number of ether oxygens (including phenoxy) is 2. The Hall–Kier alpha value is -2.50. The molecular weight excluding hydrogens is 362 g/mol. The Balaban J connectivity index is 1.63. The van der Waals surface area contributed by atoms with Gasteiger partial charge in [0.15, 0.2) is 11.5 Å². The minimum atomic E-state index is 0.632. The number of likely N-dealkylation sites (tertiary alicyclic amines) is 1. The molecule has 1 fully saturated rings. The molecule has 2 heterocycles. The number of hydrogen-bond acceptors (Lipinski definition) is 4. The van der Waals surface area contributed by atoms with Crippen molar-refractivity contribution in [2.75, 3.05) is 40.4 Å². The first-order chi connectivity index (χ1) is 14.1. The van der Waals surface area contributed by atoms with Crippen molar-refractivity contribution in [3.8, 4) is 22.8 Å². The largest absolute Gasteiger partial charge is 0.493 e. The fraction of sp³-hybridized carbons (Fsp3) is 0.417. The van der Waals surface area contributed by atoms with E-state index in [2.05, 4.69) is 41.1 Å². The summed E-state index contributed by atoms with van der Waals surface area (Å²) in [5, 5.41) is 1.30. The van der Waals surface area contributed by atoms with E-state index in [1.165, 1.54) is 34.9 Å². The van der Waals surface area contributed by atoms with Crippen LogP contribution in [0.25, 0.3) is 22.2 Å². The molecule has 3 aromatic rings. The molecule has 1 aromatic heterocycles. The predicted molar refractivity (Wildman–Crippen MR) is 119 cm³/mol. The molecule has 2 aromatic carbocycles. The van der Waals surface area contributed by atoms with Gasteiger partial charge < -0.3 is 25.1 Å². The van der Waals surface area contributed by atoms with Gasteiger partial charge in [0.1, 0.15) is 0 Å². The quantitative estimate of drug-likeness (QED) is 0.655. The zero-order valence-electron chi connectivity index (χ0n) is 17.6. The molecule has 5 heteroatoms. The zero-order valence-corrected chi connectivity index (χ0v) is 17.6. The molecule has 0 bridgehead atoms. The highest BCUT2D eigenvalue weighted by Gasteiger charge is 2.21. The number of fused-ring (bicyclic) bond motifs is 1. The lowest BCUT2D eigenvalue weighted by molar-refractivity contribution is 0.218. The highest BCUT2D eigenvalue weighted by atomic mass is 16.5. The summed E-state index contributed by atoms with van der Waals surface area (Å²) in [6.45, 7) is 6.24. The number of nitrogens with zero attached hydrogens (tertiary/aromatic N) is 1. The van der Waals surface area contributed by atoms with Crippen molar-refractivity contribution in [3.05, 3.63) is 47.5 Å². The van der Waals surface area contributed by atoms with Crippen LogP contribution in [0.3, 0.4) is 0 Å². The molecular formula is C24H31N3O2. The third-order valence-corrected chi connectivity index (χ3v) is 6.26. The van der Waals surface area contributed by atoms with E-state index >= 15 is 0 Å². The van der Waals surface area contributed by atoms with Crippen LogP contribution in [0.2, 0.25) is 0 Å². The van der Waals surface area contributed by atoms with E-state index in [-0.39, 0.29) is 0 Å². The molecule has 0 amide bonds. The van der Waals surface area contributed by atoms with E-state index in [0.717, 1.165) is 48.9 Å². The monoisotopic (exact) mass is 393 g/mol. The number of rotatable bonds is 6. The third kappa shape index (κ3) is 3.85. The van der Waals surface area contributed by atoms with E-state index in [0.29, 0.717) is 5.92 Å². The van der Waals surface area contributed by atoms with Gasteiger partial charge in [0.25, 0.3) is 0 Å². The van der Waals surface area contributed by atoms with Crippen LogP contribution in [-0.2, 0) is 0 Å². The predicted octanol–water partition coefficient (Wildman–Crippen LogP) is 4.30. The number of H-pyrrole nitrogens is 1. The SMILES string of the molecule is COc1ccc(-c2[nH]c3ccc(C4CCN(CCN)CC4)cc3c2C)cc1OC. The first-order valence-electron chi connectivity index (χ1n) is 10.4. The van der Waals surface area contributed by atoms with Crippen LogP contribution in [-0.4, -0.2) is 50.3 Å². The number of piperidine rings is 1. The number of hydrogen-bond donors (Lipinski definition) is 2. The molecule has 0 radical (unpaired) electrons. The van der Waals surface area contributed by atoms with Crippen LogP contribution < -0.4 is 15.2 Å². The van der Waals surface area contributed by atoms with Gasteiger partial charge in [-0.1, -0.05) is 6.07 Å². The van der Waals surface area contributed by atoms with Crippen LogP contribution in [0.5, 0.6) is 11.5 Å². The second-order valence-corrected chi connectivity index (χ2v) is 7.90. The van der Waals surface area contributed by atoms with E-state index in [1.54, 1.807) is 14.2 Å². The molecule has 4 rings (SSSR count). The molecule has 1 saturated heterocycles. The molecule has 0 unspecified atom stereocenters. The summed E-state index contributed by atoms with van der Waals surface area (Å²) < 4.78 is 10.9. The fourth-order valence-corrected chi connectivity index (χ4v) is 4.55. The molecule has 0 aliphatic carbocycles. The molecule has 1 aliphatic heterocycles. The minimum absolute atomic E-state index is 0.632. The summed E-state index contributed by atoms with van der Waals surface area (Å²) in [6, 6.07) is 13.0. The van der Waals surface area contributed by atoms with Gasteiger partial charge in [-0.3, -0.25) is 0 Å². The van der Waals surface area contributed by atoms with Crippen LogP contribution in [0.15, 0.2) is 36.4 Å². The number of aryl methyl sites for hydroxylation is 1. The first-order valence-corrected chi connectivity index (χ1v) is 10.4. The number of aromatic amines is 1. The number of benzene rings is 2. The van der Waals surface area contributed by atoms with Gasteiger partial charge in [0.05, 0.1) is 14.2 Å². The van der Waals surface area contributed by atoms with Gasteiger partial charge in [-0.2, -0.15) is 0 Å². The highest BCUT2D eigenvalue weighted by molar-refractivity contribution is 5.91. The van der Waals surface area contributed by atoms with Gasteiger partial charge in [-0.25, -0.2) is 0 Å². The van der Waals surface area contributed by atoms with Crippen molar-refractivity contribution < 1.29 is 9.47 Å². The summed E-state index contributed by atoms with van der Waals surface area (Å²) in [5.74, 6) is 2.12. The van der Waals surface area contributed by atoms with Crippen molar-refractivity contribution >= 4 is 10.9 Å². The summed E-state index contributed by atoms with van der Waals surface area (Å²) >= 11 is 0. The van der Waals surface area contributed by atoms with Crippen LogP contribution >= 0.6 is 0 Å². The van der Waals surface area contributed by atoms with Gasteiger partial charge in [0, 0.05) is 35.2 Å². The summed E-state index contributed by atoms with van der Waals surface area (Å²) in [5.41, 5.74) is 11.8. The number of aromatic nitrogens is 1. The van der Waals surface area contributed by atoms with Crippen molar-refractivity contribution in [1.29, 1.82) is 0 Å². The number of nitrogens with one attached hydrogen (secondary N) is 1. The Bertz CT molecular complexity index is 987. The Morgan fingerprint density at radius 3 is 2.48 bits per heavy atom. The van der Waals surface area contributed by atoms with Crippen molar-refractivity contribution in [3.63, 3.8) is 0 Å². The fourth-order valence-electron chi connectivity index (χ4n) is 4.55. The molecule has 0 saturated carbocycles. The smallest absolute Gasteiger partial charge is 0.161 e. The maximum Gasteiger partial charge on any atom is 0.161 e. The van der Waals surface area contributed by atoms with Crippen LogP contribution in [0, 0.1) is 6.92 Å². The lowest BCUT2D eigenvalue weighted by Gasteiger charge is -2.31. The Morgan fingerprint density at radius 1 is 1.03 bits per heavy atom. The molecule has 0 atom stereocenters. The Morgan fingerprint density at radius 2 is 1.79 bits per heavy atom. The molecule has 29 heavy (non-hydrogen) atoms. The van der Waals surface area contributed by atoms with Gasteiger partial charge >= 0.3 is 0 Å². The Kier molecular flexibility index (Phi) is 5.79. The van der Waals surface area contributed by atoms with Gasteiger partial charge in [0.2, 0.25) is 0 Å². The Labute approximate surface area is 172 Å². The lowest BCUT2D eigenvalue weighted by atomic mass is 9.88. The summed E-state index contributed by atoms with van der Waals surface area (Å²) in [4.78, 5) is 6.08. The molecule has 1 aliphatic rings. The maximum atomic E-state index is 5.71. The third-order valence-electron chi connectivity index (χ3n) is 6.26. The molecule has 3 N–H and O–H groups in total. The van der Waals surface area contributed by atoms with Crippen LogP contribution in [0.1, 0.15) is 29.9 Å². The minimum Gasteiger partial charge on any atom is -0.493 e. The topological polar surface area (TPSA) is 63.5 Å². The lowest BCUT2D eigenvalue weighted by Crippen LogP contribution is -2.36. The van der Waals surface area contributed by atoms with E-state index < -0.39 is 0 Å². The van der Waals surface area contributed by atoms with E-state index in [9.17, 15) is 0 Å². The van der Waals surface area contributed by atoms with Gasteiger partial charge in [-0.05, 0) is 80.2 Å². The molecule has 154 valence electrons. The average Bonchev–Trinajstić information content (AvgIpc) is 3.10.